The monoisotopic (exact) mass is 792 g/mol. The number of unbranched alkanes of at least 4 members (excludes halogenated alkanes) is 19. The average molecular weight is 792 g/mol. The Morgan fingerprint density at radius 2 is 1.11 bits per heavy atom. The Balaban J connectivity index is 2.13. The minimum atomic E-state index is -1.55. The molecule has 0 aromatic heterocycles. The van der Waals surface area contributed by atoms with Crippen LogP contribution in [0.3, 0.4) is 0 Å². The van der Waals surface area contributed by atoms with E-state index < -0.39 is 49.5 Å². The van der Waals surface area contributed by atoms with Gasteiger partial charge in [0.25, 0.3) is 0 Å². The Hall–Kier alpha value is -1.85. The van der Waals surface area contributed by atoms with E-state index >= 15 is 0 Å². The number of rotatable bonds is 37. The SMILES string of the molecule is CC/C=C\C/C=C\C/C=C\C/C=C\CCCCCCCCCCCCCCCCC(=O)NC(COC1OC(CO)C(O)C(O)C1O)C(O)CCCCCCCC. The largest absolute Gasteiger partial charge is 0.394 e. The third-order valence-electron chi connectivity index (χ3n) is 10.7. The summed E-state index contributed by atoms with van der Waals surface area (Å²) in [7, 11) is 0. The molecule has 9 nitrogen and oxygen atoms in total. The highest BCUT2D eigenvalue weighted by molar-refractivity contribution is 5.76. The Labute approximate surface area is 342 Å². The standard InChI is InChI=1S/C47H85NO8/c1-3-5-7-9-11-12-13-14-15-16-17-18-19-20-21-22-23-24-25-26-27-28-29-30-31-33-35-37-43(51)48-40(41(50)36-34-32-10-8-6-4-2)39-55-47-46(54)45(53)44(52)42(38-49)56-47/h5,7,11-12,14-15,17-18,40-42,44-47,49-50,52-54H,3-4,6,8-10,13,16,19-39H2,1-2H3,(H,48,51)/b7-5-,12-11-,15-14-,18-17-. The van der Waals surface area contributed by atoms with Crippen LogP contribution in [0.25, 0.3) is 0 Å². The van der Waals surface area contributed by atoms with Crippen molar-refractivity contribution >= 4 is 5.91 Å². The average Bonchev–Trinajstić information content (AvgIpc) is 3.20. The number of nitrogens with one attached hydrogen (secondary N) is 1. The van der Waals surface area contributed by atoms with Gasteiger partial charge in [-0.3, -0.25) is 4.79 Å². The van der Waals surface area contributed by atoms with Crippen LogP contribution in [-0.4, -0.2) is 87.5 Å². The van der Waals surface area contributed by atoms with Gasteiger partial charge in [-0.2, -0.15) is 0 Å². The number of carbonyl (C=O) groups is 1. The van der Waals surface area contributed by atoms with Crippen molar-refractivity contribution in [3.8, 4) is 0 Å². The molecule has 1 aliphatic heterocycles. The molecule has 0 bridgehead atoms. The predicted molar refractivity (Wildman–Crippen MR) is 230 cm³/mol. The first-order valence-corrected chi connectivity index (χ1v) is 22.8. The highest BCUT2D eigenvalue weighted by atomic mass is 16.7. The van der Waals surface area contributed by atoms with Crippen molar-refractivity contribution in [3.05, 3.63) is 48.6 Å². The normalized spacial score (nSPS) is 21.6. The first-order valence-electron chi connectivity index (χ1n) is 22.8. The molecule has 0 aliphatic carbocycles. The number of carbonyl (C=O) groups excluding carboxylic acids is 1. The zero-order valence-corrected chi connectivity index (χ0v) is 35.6. The molecule has 1 amide bonds. The number of aliphatic hydroxyl groups excluding tert-OH is 5. The van der Waals surface area contributed by atoms with Crippen LogP contribution in [0, 0.1) is 0 Å². The van der Waals surface area contributed by atoms with E-state index in [4.69, 9.17) is 9.47 Å². The topological polar surface area (TPSA) is 149 Å². The Bertz CT molecular complexity index is 1010. The fourth-order valence-corrected chi connectivity index (χ4v) is 7.03. The summed E-state index contributed by atoms with van der Waals surface area (Å²) in [6.45, 7) is 3.64. The third-order valence-corrected chi connectivity index (χ3v) is 10.7. The van der Waals surface area contributed by atoms with Crippen molar-refractivity contribution in [2.45, 2.75) is 230 Å². The van der Waals surface area contributed by atoms with Crippen molar-refractivity contribution in [2.75, 3.05) is 13.2 Å². The van der Waals surface area contributed by atoms with Crippen LogP contribution in [0.2, 0.25) is 0 Å². The highest BCUT2D eigenvalue weighted by Crippen LogP contribution is 2.23. The van der Waals surface area contributed by atoms with Gasteiger partial charge < -0.3 is 40.3 Å². The maximum absolute atomic E-state index is 12.9. The second kappa shape index (κ2) is 37.4. The van der Waals surface area contributed by atoms with Gasteiger partial charge in [-0.25, -0.2) is 0 Å². The predicted octanol–water partition coefficient (Wildman–Crippen LogP) is 9.45. The molecule has 7 unspecified atom stereocenters. The van der Waals surface area contributed by atoms with E-state index in [2.05, 4.69) is 67.8 Å². The Kier molecular flexibility index (Phi) is 34.9. The van der Waals surface area contributed by atoms with E-state index in [-0.39, 0.29) is 12.5 Å². The second-order valence-electron chi connectivity index (χ2n) is 15.8. The summed E-state index contributed by atoms with van der Waals surface area (Å²) in [6.07, 6.45) is 40.2. The van der Waals surface area contributed by atoms with Crippen LogP contribution < -0.4 is 5.32 Å². The van der Waals surface area contributed by atoms with Gasteiger partial charge in [-0.1, -0.05) is 178 Å². The number of hydrogen-bond acceptors (Lipinski definition) is 8. The minimum Gasteiger partial charge on any atom is -0.394 e. The summed E-state index contributed by atoms with van der Waals surface area (Å²) in [5, 5.41) is 53.9. The third kappa shape index (κ3) is 27.7. The lowest BCUT2D eigenvalue weighted by Gasteiger charge is -2.40. The number of amides is 1. The van der Waals surface area contributed by atoms with Gasteiger partial charge in [-0.05, 0) is 51.4 Å². The number of ether oxygens (including phenoxy) is 2. The molecular formula is C47H85NO8. The molecule has 0 aromatic carbocycles. The van der Waals surface area contributed by atoms with Crippen LogP contribution in [-0.2, 0) is 14.3 Å². The molecule has 0 aromatic rings. The first-order chi connectivity index (χ1) is 27.3. The van der Waals surface area contributed by atoms with E-state index in [1.165, 1.54) is 96.3 Å². The molecule has 6 N–H and O–H groups in total. The van der Waals surface area contributed by atoms with Crippen molar-refractivity contribution < 1.29 is 39.8 Å². The number of aliphatic hydroxyl groups is 5. The quantitative estimate of drug-likeness (QED) is 0.0269. The number of allylic oxidation sites excluding steroid dienone is 8. The van der Waals surface area contributed by atoms with E-state index in [1.54, 1.807) is 0 Å². The van der Waals surface area contributed by atoms with E-state index in [0.29, 0.717) is 12.8 Å². The summed E-state index contributed by atoms with van der Waals surface area (Å²) in [5.41, 5.74) is 0. The van der Waals surface area contributed by atoms with Gasteiger partial charge in [0.05, 0.1) is 25.4 Å². The van der Waals surface area contributed by atoms with Gasteiger partial charge in [0.15, 0.2) is 6.29 Å². The fraction of sp³-hybridized carbons (Fsp3) is 0.809. The fourth-order valence-electron chi connectivity index (χ4n) is 7.03. The van der Waals surface area contributed by atoms with Gasteiger partial charge >= 0.3 is 0 Å². The molecular weight excluding hydrogens is 707 g/mol. The lowest BCUT2D eigenvalue weighted by Crippen LogP contribution is -2.60. The maximum atomic E-state index is 12.9. The summed E-state index contributed by atoms with van der Waals surface area (Å²) in [4.78, 5) is 12.9. The van der Waals surface area contributed by atoms with E-state index in [9.17, 15) is 30.3 Å². The van der Waals surface area contributed by atoms with Gasteiger partial charge in [0.2, 0.25) is 5.91 Å². The summed E-state index contributed by atoms with van der Waals surface area (Å²) < 4.78 is 11.2. The zero-order valence-electron chi connectivity index (χ0n) is 35.6. The maximum Gasteiger partial charge on any atom is 0.220 e. The smallest absolute Gasteiger partial charge is 0.220 e. The Morgan fingerprint density at radius 1 is 0.625 bits per heavy atom. The van der Waals surface area contributed by atoms with E-state index in [0.717, 1.165) is 64.2 Å². The van der Waals surface area contributed by atoms with E-state index in [1.807, 2.05) is 0 Å². The lowest BCUT2D eigenvalue weighted by molar-refractivity contribution is -0.302. The first kappa shape index (κ1) is 52.2. The Morgan fingerprint density at radius 3 is 1.64 bits per heavy atom. The van der Waals surface area contributed by atoms with Gasteiger partial charge in [0, 0.05) is 6.42 Å². The summed E-state index contributed by atoms with van der Waals surface area (Å²) in [6, 6.07) is -0.716. The molecule has 0 spiro atoms. The molecule has 326 valence electrons. The molecule has 1 rings (SSSR count). The zero-order chi connectivity index (χ0) is 40.9. The number of hydrogen-bond donors (Lipinski definition) is 6. The van der Waals surface area contributed by atoms with Crippen LogP contribution in [0.15, 0.2) is 48.6 Å². The van der Waals surface area contributed by atoms with Gasteiger partial charge in [-0.15, -0.1) is 0 Å². The van der Waals surface area contributed by atoms with Crippen molar-refractivity contribution in [1.82, 2.24) is 5.32 Å². The molecule has 0 saturated carbocycles. The summed E-state index contributed by atoms with van der Waals surface area (Å²) in [5.74, 6) is -0.153. The van der Waals surface area contributed by atoms with Crippen LogP contribution in [0.5, 0.6) is 0 Å². The molecule has 9 heteroatoms. The molecule has 1 saturated heterocycles. The highest BCUT2D eigenvalue weighted by Gasteiger charge is 2.44. The molecule has 1 aliphatic rings. The van der Waals surface area contributed by atoms with Crippen molar-refractivity contribution in [1.29, 1.82) is 0 Å². The van der Waals surface area contributed by atoms with Crippen LogP contribution >= 0.6 is 0 Å². The molecule has 56 heavy (non-hydrogen) atoms. The molecule has 7 atom stereocenters. The van der Waals surface area contributed by atoms with Crippen LogP contribution in [0.4, 0.5) is 0 Å². The van der Waals surface area contributed by atoms with Crippen molar-refractivity contribution in [3.63, 3.8) is 0 Å². The van der Waals surface area contributed by atoms with Crippen molar-refractivity contribution in [2.24, 2.45) is 0 Å². The lowest BCUT2D eigenvalue weighted by atomic mass is 9.99. The molecule has 0 radical (unpaired) electrons. The second-order valence-corrected chi connectivity index (χ2v) is 15.8. The summed E-state index contributed by atoms with van der Waals surface area (Å²) >= 11 is 0. The minimum absolute atomic E-state index is 0.140. The van der Waals surface area contributed by atoms with Crippen LogP contribution in [0.1, 0.15) is 187 Å². The molecule has 1 fully saturated rings. The van der Waals surface area contributed by atoms with Gasteiger partial charge in [0.1, 0.15) is 24.4 Å². The molecule has 1 heterocycles.